The highest BCUT2D eigenvalue weighted by atomic mass is 16.4. The maximum atomic E-state index is 12.1. The van der Waals surface area contributed by atoms with E-state index in [1.165, 1.54) is 6.07 Å². The van der Waals surface area contributed by atoms with E-state index in [2.05, 4.69) is 12.2 Å². The Labute approximate surface area is 120 Å². The molecule has 1 atom stereocenters. The van der Waals surface area contributed by atoms with E-state index in [0.29, 0.717) is 11.3 Å². The van der Waals surface area contributed by atoms with Gasteiger partial charge in [0.05, 0.1) is 5.56 Å². The molecule has 1 aromatic rings. The van der Waals surface area contributed by atoms with Crippen LogP contribution < -0.4 is 5.32 Å². The van der Waals surface area contributed by atoms with Gasteiger partial charge in [-0.3, -0.25) is 4.79 Å². The molecule has 1 aromatic carbocycles. The van der Waals surface area contributed by atoms with Crippen LogP contribution >= 0.6 is 0 Å². The molecule has 2 N–H and O–H groups in total. The molecule has 4 nitrogen and oxygen atoms in total. The van der Waals surface area contributed by atoms with E-state index in [4.69, 9.17) is 5.11 Å². The zero-order valence-corrected chi connectivity index (χ0v) is 12.6. The number of rotatable bonds is 6. The first-order valence-electron chi connectivity index (χ1n) is 7.02. The number of aromatic carboxylic acids is 1. The van der Waals surface area contributed by atoms with E-state index in [-0.39, 0.29) is 17.4 Å². The van der Waals surface area contributed by atoms with Gasteiger partial charge in [0.15, 0.2) is 0 Å². The minimum absolute atomic E-state index is 0.0539. The molecule has 0 radical (unpaired) electrons. The monoisotopic (exact) mass is 277 g/mol. The predicted molar refractivity (Wildman–Crippen MR) is 80.2 cm³/mol. The Balaban J connectivity index is 2.89. The number of carbonyl (C=O) groups excluding carboxylic acids is 1. The summed E-state index contributed by atoms with van der Waals surface area (Å²) in [4.78, 5) is 23.2. The standard InChI is InChI=1S/C16H23NO3/c1-5-6-7-10(2)15(18)17-14-9-13(16(19)20)11(3)8-12(14)4/h8-10H,5-7H2,1-4H3,(H,17,18)(H,19,20). The molecule has 0 heterocycles. The number of unbranched alkanes of at least 4 members (excludes halogenated alkanes) is 1. The Hall–Kier alpha value is -1.84. The summed E-state index contributed by atoms with van der Waals surface area (Å²) in [6, 6.07) is 3.33. The topological polar surface area (TPSA) is 66.4 Å². The van der Waals surface area contributed by atoms with Crippen molar-refractivity contribution < 1.29 is 14.7 Å². The van der Waals surface area contributed by atoms with Gasteiger partial charge < -0.3 is 10.4 Å². The first kappa shape index (κ1) is 16.2. The molecule has 0 fully saturated rings. The summed E-state index contributed by atoms with van der Waals surface area (Å²) in [7, 11) is 0. The Bertz CT molecular complexity index is 509. The number of carboxylic acids is 1. The third-order valence-electron chi connectivity index (χ3n) is 3.50. The van der Waals surface area contributed by atoms with Gasteiger partial charge in [0.25, 0.3) is 0 Å². The average molecular weight is 277 g/mol. The van der Waals surface area contributed by atoms with E-state index < -0.39 is 5.97 Å². The third-order valence-corrected chi connectivity index (χ3v) is 3.50. The van der Waals surface area contributed by atoms with Crippen molar-refractivity contribution in [2.75, 3.05) is 5.32 Å². The van der Waals surface area contributed by atoms with Crippen LogP contribution in [0.5, 0.6) is 0 Å². The molecular formula is C16H23NO3. The van der Waals surface area contributed by atoms with Crippen molar-refractivity contribution in [2.45, 2.75) is 47.0 Å². The van der Waals surface area contributed by atoms with Gasteiger partial charge in [-0.25, -0.2) is 4.79 Å². The highest BCUT2D eigenvalue weighted by molar-refractivity contribution is 5.96. The zero-order valence-electron chi connectivity index (χ0n) is 12.6. The molecule has 110 valence electrons. The van der Waals surface area contributed by atoms with Crippen LogP contribution in [0.1, 0.15) is 54.6 Å². The number of amides is 1. The summed E-state index contributed by atoms with van der Waals surface area (Å²) in [5.74, 6) is -1.09. The number of carboxylic acid groups (broad SMARTS) is 1. The van der Waals surface area contributed by atoms with E-state index in [1.807, 2.05) is 13.8 Å². The van der Waals surface area contributed by atoms with Crippen LogP contribution in [0.3, 0.4) is 0 Å². The van der Waals surface area contributed by atoms with Crippen molar-refractivity contribution in [1.82, 2.24) is 0 Å². The molecule has 0 spiro atoms. The SMILES string of the molecule is CCCCC(C)C(=O)Nc1cc(C(=O)O)c(C)cc1C. The van der Waals surface area contributed by atoms with Crippen LogP contribution in [0.2, 0.25) is 0 Å². The van der Waals surface area contributed by atoms with Gasteiger partial charge in [-0.05, 0) is 37.5 Å². The lowest BCUT2D eigenvalue weighted by molar-refractivity contribution is -0.119. The number of carbonyl (C=O) groups is 2. The fraction of sp³-hybridized carbons (Fsp3) is 0.500. The number of benzene rings is 1. The van der Waals surface area contributed by atoms with Crippen molar-refractivity contribution in [3.63, 3.8) is 0 Å². The normalized spacial score (nSPS) is 12.0. The summed E-state index contributed by atoms with van der Waals surface area (Å²) in [6.07, 6.45) is 2.92. The van der Waals surface area contributed by atoms with E-state index in [0.717, 1.165) is 24.8 Å². The quantitative estimate of drug-likeness (QED) is 0.831. The van der Waals surface area contributed by atoms with Gasteiger partial charge in [-0.1, -0.05) is 32.8 Å². The van der Waals surface area contributed by atoms with Gasteiger partial charge >= 0.3 is 5.97 Å². The molecule has 0 saturated heterocycles. The lowest BCUT2D eigenvalue weighted by atomic mass is 10.0. The fourth-order valence-electron chi connectivity index (χ4n) is 2.11. The summed E-state index contributed by atoms with van der Waals surface area (Å²) >= 11 is 0. The molecule has 1 amide bonds. The highest BCUT2D eigenvalue weighted by Gasteiger charge is 2.16. The molecule has 0 saturated carbocycles. The molecule has 0 aromatic heterocycles. The van der Waals surface area contributed by atoms with Crippen LogP contribution in [-0.4, -0.2) is 17.0 Å². The average Bonchev–Trinajstić information content (AvgIpc) is 2.38. The second-order valence-corrected chi connectivity index (χ2v) is 5.32. The zero-order chi connectivity index (χ0) is 15.3. The second-order valence-electron chi connectivity index (χ2n) is 5.32. The lowest BCUT2D eigenvalue weighted by Gasteiger charge is -2.15. The minimum atomic E-state index is -0.975. The molecule has 0 aliphatic carbocycles. The molecule has 0 aliphatic rings. The van der Waals surface area contributed by atoms with Crippen LogP contribution in [0.25, 0.3) is 0 Å². The molecule has 0 aliphatic heterocycles. The van der Waals surface area contributed by atoms with Crippen molar-refractivity contribution in [1.29, 1.82) is 0 Å². The van der Waals surface area contributed by atoms with Gasteiger partial charge in [0.2, 0.25) is 5.91 Å². The number of aryl methyl sites for hydroxylation is 2. The molecule has 1 rings (SSSR count). The molecule has 4 heteroatoms. The van der Waals surface area contributed by atoms with Crippen LogP contribution in [-0.2, 0) is 4.79 Å². The largest absolute Gasteiger partial charge is 0.478 e. The van der Waals surface area contributed by atoms with Gasteiger partial charge in [0, 0.05) is 11.6 Å². The summed E-state index contributed by atoms with van der Waals surface area (Å²) < 4.78 is 0. The number of anilines is 1. The van der Waals surface area contributed by atoms with Crippen molar-refractivity contribution >= 4 is 17.6 Å². The minimum Gasteiger partial charge on any atom is -0.478 e. The molecule has 0 bridgehead atoms. The lowest BCUT2D eigenvalue weighted by Crippen LogP contribution is -2.21. The molecule has 20 heavy (non-hydrogen) atoms. The van der Waals surface area contributed by atoms with Crippen LogP contribution in [0, 0.1) is 19.8 Å². The first-order chi connectivity index (χ1) is 9.36. The Morgan fingerprint density at radius 2 is 1.90 bits per heavy atom. The van der Waals surface area contributed by atoms with Crippen molar-refractivity contribution in [3.8, 4) is 0 Å². The molecular weight excluding hydrogens is 254 g/mol. The summed E-state index contributed by atoms with van der Waals surface area (Å²) in [5, 5.41) is 12.0. The van der Waals surface area contributed by atoms with Crippen LogP contribution in [0.15, 0.2) is 12.1 Å². The van der Waals surface area contributed by atoms with Gasteiger partial charge in [-0.15, -0.1) is 0 Å². The Morgan fingerprint density at radius 3 is 2.45 bits per heavy atom. The van der Waals surface area contributed by atoms with E-state index in [1.54, 1.807) is 13.0 Å². The van der Waals surface area contributed by atoms with Gasteiger partial charge in [-0.2, -0.15) is 0 Å². The Kier molecular flexibility index (Phi) is 5.74. The first-order valence-corrected chi connectivity index (χ1v) is 7.02. The Morgan fingerprint density at radius 1 is 1.25 bits per heavy atom. The van der Waals surface area contributed by atoms with E-state index in [9.17, 15) is 9.59 Å². The highest BCUT2D eigenvalue weighted by Crippen LogP contribution is 2.22. The fourth-order valence-corrected chi connectivity index (χ4v) is 2.11. The smallest absolute Gasteiger partial charge is 0.336 e. The van der Waals surface area contributed by atoms with Crippen LogP contribution in [0.4, 0.5) is 5.69 Å². The van der Waals surface area contributed by atoms with Crippen molar-refractivity contribution in [2.24, 2.45) is 5.92 Å². The summed E-state index contributed by atoms with van der Waals surface area (Å²) in [5.41, 5.74) is 2.39. The van der Waals surface area contributed by atoms with E-state index >= 15 is 0 Å². The third kappa shape index (κ3) is 4.08. The maximum Gasteiger partial charge on any atom is 0.336 e. The number of hydrogen-bond donors (Lipinski definition) is 2. The number of hydrogen-bond acceptors (Lipinski definition) is 2. The second kappa shape index (κ2) is 7.08. The number of nitrogens with one attached hydrogen (secondary N) is 1. The maximum absolute atomic E-state index is 12.1. The van der Waals surface area contributed by atoms with Crippen molar-refractivity contribution in [3.05, 3.63) is 28.8 Å². The molecule has 1 unspecified atom stereocenters. The van der Waals surface area contributed by atoms with Gasteiger partial charge in [0.1, 0.15) is 0 Å². The predicted octanol–water partition coefficient (Wildman–Crippen LogP) is 3.77. The summed E-state index contributed by atoms with van der Waals surface area (Å²) in [6.45, 7) is 7.61.